The molecule has 1 rings (SSSR count). The second-order valence-corrected chi connectivity index (χ2v) is 5.94. The highest BCUT2D eigenvalue weighted by Crippen LogP contribution is 2.24. The summed E-state index contributed by atoms with van der Waals surface area (Å²) in [5, 5.41) is 3.55. The van der Waals surface area contributed by atoms with Gasteiger partial charge in [0.15, 0.2) is 0 Å². The van der Waals surface area contributed by atoms with Gasteiger partial charge in [0.1, 0.15) is 0 Å². The Kier molecular flexibility index (Phi) is 4.60. The first kappa shape index (κ1) is 13.0. The standard InChI is InChI=1S/C13H28N2/c1-6-14-13(4,5)10-15-8-7-12(9-15)11(2)3/h11-12,14H,6-10H2,1-5H3. The van der Waals surface area contributed by atoms with Crippen molar-refractivity contribution >= 4 is 0 Å². The van der Waals surface area contributed by atoms with Gasteiger partial charge in [-0.1, -0.05) is 20.8 Å². The number of hydrogen-bond donors (Lipinski definition) is 1. The summed E-state index contributed by atoms with van der Waals surface area (Å²) in [5.74, 6) is 1.76. The second-order valence-electron chi connectivity index (χ2n) is 5.94. The Morgan fingerprint density at radius 3 is 2.53 bits per heavy atom. The highest BCUT2D eigenvalue weighted by molar-refractivity contribution is 4.86. The van der Waals surface area contributed by atoms with Gasteiger partial charge >= 0.3 is 0 Å². The van der Waals surface area contributed by atoms with Gasteiger partial charge in [-0.3, -0.25) is 0 Å². The van der Waals surface area contributed by atoms with Crippen LogP contribution in [0, 0.1) is 11.8 Å². The quantitative estimate of drug-likeness (QED) is 0.752. The van der Waals surface area contributed by atoms with Crippen molar-refractivity contribution in [3.8, 4) is 0 Å². The van der Waals surface area contributed by atoms with Gasteiger partial charge in [-0.2, -0.15) is 0 Å². The van der Waals surface area contributed by atoms with E-state index < -0.39 is 0 Å². The van der Waals surface area contributed by atoms with E-state index in [4.69, 9.17) is 0 Å². The van der Waals surface area contributed by atoms with Crippen LogP contribution in [0.1, 0.15) is 41.0 Å². The van der Waals surface area contributed by atoms with Gasteiger partial charge in [0.05, 0.1) is 0 Å². The molecule has 0 spiro atoms. The first-order chi connectivity index (χ1) is 6.94. The minimum atomic E-state index is 0.265. The van der Waals surface area contributed by atoms with Crippen molar-refractivity contribution in [3.05, 3.63) is 0 Å². The summed E-state index contributed by atoms with van der Waals surface area (Å²) in [7, 11) is 0. The van der Waals surface area contributed by atoms with Crippen molar-refractivity contribution < 1.29 is 0 Å². The Labute approximate surface area is 95.4 Å². The number of nitrogens with one attached hydrogen (secondary N) is 1. The number of hydrogen-bond acceptors (Lipinski definition) is 2. The van der Waals surface area contributed by atoms with E-state index in [0.29, 0.717) is 0 Å². The lowest BCUT2D eigenvalue weighted by atomic mass is 9.95. The number of likely N-dealkylation sites (N-methyl/N-ethyl adjacent to an activating group) is 1. The minimum Gasteiger partial charge on any atom is -0.311 e. The molecule has 1 aliphatic rings. The molecule has 90 valence electrons. The highest BCUT2D eigenvalue weighted by atomic mass is 15.2. The van der Waals surface area contributed by atoms with Crippen LogP contribution in [0.5, 0.6) is 0 Å². The maximum atomic E-state index is 3.55. The van der Waals surface area contributed by atoms with Gasteiger partial charge in [-0.05, 0) is 45.2 Å². The van der Waals surface area contributed by atoms with E-state index in [0.717, 1.165) is 18.4 Å². The van der Waals surface area contributed by atoms with E-state index in [1.807, 2.05) is 0 Å². The molecule has 1 saturated heterocycles. The molecule has 2 heteroatoms. The topological polar surface area (TPSA) is 15.3 Å². The predicted molar refractivity (Wildman–Crippen MR) is 67.1 cm³/mol. The molecule has 1 heterocycles. The van der Waals surface area contributed by atoms with Gasteiger partial charge in [-0.25, -0.2) is 0 Å². The van der Waals surface area contributed by atoms with Crippen LogP contribution >= 0.6 is 0 Å². The summed E-state index contributed by atoms with van der Waals surface area (Å²) in [6.45, 7) is 16.3. The molecule has 0 radical (unpaired) electrons. The highest BCUT2D eigenvalue weighted by Gasteiger charge is 2.28. The molecule has 1 aliphatic heterocycles. The molecular weight excluding hydrogens is 184 g/mol. The maximum Gasteiger partial charge on any atom is 0.0252 e. The van der Waals surface area contributed by atoms with Crippen molar-refractivity contribution in [3.63, 3.8) is 0 Å². The summed E-state index contributed by atoms with van der Waals surface area (Å²) in [5.41, 5.74) is 0.265. The Morgan fingerprint density at radius 1 is 1.40 bits per heavy atom. The fourth-order valence-corrected chi connectivity index (χ4v) is 2.64. The first-order valence-corrected chi connectivity index (χ1v) is 6.42. The number of nitrogens with zero attached hydrogens (tertiary/aromatic N) is 1. The fraction of sp³-hybridized carbons (Fsp3) is 1.00. The molecule has 15 heavy (non-hydrogen) atoms. The molecule has 0 aromatic heterocycles. The van der Waals surface area contributed by atoms with Gasteiger partial charge in [0, 0.05) is 18.6 Å². The maximum absolute atomic E-state index is 3.55. The zero-order valence-corrected chi connectivity index (χ0v) is 11.1. The van der Waals surface area contributed by atoms with Gasteiger partial charge in [0.2, 0.25) is 0 Å². The molecule has 1 N–H and O–H groups in total. The molecule has 1 atom stereocenters. The monoisotopic (exact) mass is 212 g/mol. The smallest absolute Gasteiger partial charge is 0.0252 e. The van der Waals surface area contributed by atoms with Crippen LogP contribution in [-0.2, 0) is 0 Å². The zero-order valence-electron chi connectivity index (χ0n) is 11.1. The summed E-state index contributed by atoms with van der Waals surface area (Å²) in [6, 6.07) is 0. The van der Waals surface area contributed by atoms with Crippen LogP contribution in [-0.4, -0.2) is 36.6 Å². The lowest BCUT2D eigenvalue weighted by Gasteiger charge is -2.31. The van der Waals surface area contributed by atoms with Gasteiger partial charge < -0.3 is 10.2 Å². The van der Waals surface area contributed by atoms with Crippen LogP contribution in [0.25, 0.3) is 0 Å². The van der Waals surface area contributed by atoms with Gasteiger partial charge in [-0.15, -0.1) is 0 Å². The third-order valence-electron chi connectivity index (χ3n) is 3.53. The van der Waals surface area contributed by atoms with Crippen LogP contribution in [0.3, 0.4) is 0 Å². The van der Waals surface area contributed by atoms with E-state index in [2.05, 4.69) is 44.8 Å². The minimum absolute atomic E-state index is 0.265. The summed E-state index contributed by atoms with van der Waals surface area (Å²) in [6.07, 6.45) is 1.39. The third-order valence-corrected chi connectivity index (χ3v) is 3.53. The van der Waals surface area contributed by atoms with Crippen molar-refractivity contribution in [1.29, 1.82) is 0 Å². The summed E-state index contributed by atoms with van der Waals surface area (Å²) < 4.78 is 0. The second kappa shape index (κ2) is 5.31. The number of rotatable bonds is 5. The van der Waals surface area contributed by atoms with Crippen molar-refractivity contribution in [2.45, 2.75) is 46.6 Å². The molecule has 0 bridgehead atoms. The Balaban J connectivity index is 2.35. The lowest BCUT2D eigenvalue weighted by molar-refractivity contribution is 0.225. The molecule has 0 aliphatic carbocycles. The number of likely N-dealkylation sites (tertiary alicyclic amines) is 1. The van der Waals surface area contributed by atoms with E-state index >= 15 is 0 Å². The van der Waals surface area contributed by atoms with Crippen LogP contribution in [0.4, 0.5) is 0 Å². The lowest BCUT2D eigenvalue weighted by Crippen LogP contribution is -2.48. The fourth-order valence-electron chi connectivity index (χ4n) is 2.64. The predicted octanol–water partition coefficient (Wildman–Crippen LogP) is 2.35. The van der Waals surface area contributed by atoms with Gasteiger partial charge in [0.25, 0.3) is 0 Å². The molecular formula is C13H28N2. The van der Waals surface area contributed by atoms with E-state index in [1.54, 1.807) is 0 Å². The van der Waals surface area contributed by atoms with Crippen molar-refractivity contribution in [2.75, 3.05) is 26.2 Å². The Bertz CT molecular complexity index is 187. The first-order valence-electron chi connectivity index (χ1n) is 6.42. The normalized spacial score (nSPS) is 24.0. The average molecular weight is 212 g/mol. The summed E-state index contributed by atoms with van der Waals surface area (Å²) >= 11 is 0. The SMILES string of the molecule is CCNC(C)(C)CN1CCC(C(C)C)C1. The molecule has 1 unspecified atom stereocenters. The van der Waals surface area contributed by atoms with Crippen molar-refractivity contribution in [1.82, 2.24) is 10.2 Å². The van der Waals surface area contributed by atoms with E-state index in [1.165, 1.54) is 26.1 Å². The van der Waals surface area contributed by atoms with E-state index in [-0.39, 0.29) is 5.54 Å². The van der Waals surface area contributed by atoms with Crippen molar-refractivity contribution in [2.24, 2.45) is 11.8 Å². The molecule has 1 fully saturated rings. The molecule has 0 amide bonds. The zero-order chi connectivity index (χ0) is 11.5. The Morgan fingerprint density at radius 2 is 2.07 bits per heavy atom. The van der Waals surface area contributed by atoms with Crippen LogP contribution in [0.15, 0.2) is 0 Å². The average Bonchev–Trinajstić information content (AvgIpc) is 2.51. The molecule has 0 saturated carbocycles. The third kappa shape index (κ3) is 4.12. The molecule has 2 nitrogen and oxygen atoms in total. The van der Waals surface area contributed by atoms with Crippen LogP contribution in [0.2, 0.25) is 0 Å². The Hall–Kier alpha value is -0.0800. The largest absolute Gasteiger partial charge is 0.311 e. The van der Waals surface area contributed by atoms with Crippen LogP contribution < -0.4 is 5.32 Å². The molecule has 0 aromatic carbocycles. The summed E-state index contributed by atoms with van der Waals surface area (Å²) in [4.78, 5) is 2.62. The van der Waals surface area contributed by atoms with E-state index in [9.17, 15) is 0 Å². The molecule has 0 aromatic rings.